The summed E-state index contributed by atoms with van der Waals surface area (Å²) in [6.45, 7) is 6.71. The Morgan fingerprint density at radius 1 is 1.00 bits per heavy atom. The van der Waals surface area contributed by atoms with E-state index in [1.165, 1.54) is 38.5 Å². The van der Waals surface area contributed by atoms with Gasteiger partial charge in [0.05, 0.1) is 6.10 Å². The topological polar surface area (TPSA) is 20.2 Å². The Morgan fingerprint density at radius 2 is 1.53 bits per heavy atom. The van der Waals surface area contributed by atoms with Crippen LogP contribution in [0, 0.1) is 23.2 Å². The lowest BCUT2D eigenvalue weighted by molar-refractivity contribution is 0.0424. The second-order valence-corrected chi connectivity index (χ2v) is 6.26. The first-order valence-corrected chi connectivity index (χ1v) is 6.74. The summed E-state index contributed by atoms with van der Waals surface area (Å²) in [5.41, 5.74) is 0.349. The van der Waals surface area contributed by atoms with Crippen molar-refractivity contribution in [2.24, 2.45) is 23.2 Å². The summed E-state index contributed by atoms with van der Waals surface area (Å²) in [7, 11) is 0. The van der Waals surface area contributed by atoms with Gasteiger partial charge in [0.15, 0.2) is 0 Å². The predicted octanol–water partition coefficient (Wildman–Crippen LogP) is 3.61. The zero-order valence-corrected chi connectivity index (χ0v) is 10.5. The van der Waals surface area contributed by atoms with Crippen molar-refractivity contribution >= 4 is 0 Å². The molecule has 0 aromatic heterocycles. The van der Waals surface area contributed by atoms with Gasteiger partial charge in [0.2, 0.25) is 0 Å². The minimum absolute atomic E-state index is 0.0712. The molecule has 1 atom stereocenters. The van der Waals surface area contributed by atoms with Gasteiger partial charge in [-0.15, -0.1) is 0 Å². The fourth-order valence-corrected chi connectivity index (χ4v) is 3.67. The molecule has 0 saturated heterocycles. The van der Waals surface area contributed by atoms with Crippen LogP contribution in [0.2, 0.25) is 0 Å². The van der Waals surface area contributed by atoms with E-state index in [9.17, 15) is 5.11 Å². The Labute approximate surface area is 94.3 Å². The highest BCUT2D eigenvalue weighted by molar-refractivity contribution is 5.03. The summed E-state index contributed by atoms with van der Waals surface area (Å²) in [6, 6.07) is 0. The quantitative estimate of drug-likeness (QED) is 0.754. The summed E-state index contributed by atoms with van der Waals surface area (Å²) in [6.07, 6.45) is 8.02. The van der Waals surface area contributed by atoms with E-state index < -0.39 is 0 Å². The third kappa shape index (κ3) is 2.08. The Hall–Kier alpha value is -0.0400. The summed E-state index contributed by atoms with van der Waals surface area (Å²) in [4.78, 5) is 0. The lowest BCUT2D eigenvalue weighted by Crippen LogP contribution is -2.31. The van der Waals surface area contributed by atoms with E-state index in [4.69, 9.17) is 0 Å². The van der Waals surface area contributed by atoms with Gasteiger partial charge in [-0.2, -0.15) is 0 Å². The maximum atomic E-state index is 9.87. The first-order chi connectivity index (χ1) is 7.06. The van der Waals surface area contributed by atoms with Crippen LogP contribution < -0.4 is 0 Å². The molecule has 2 saturated carbocycles. The predicted molar refractivity (Wildman–Crippen MR) is 63.6 cm³/mol. The molecule has 0 radical (unpaired) electrons. The first-order valence-electron chi connectivity index (χ1n) is 6.74. The molecule has 0 amide bonds. The molecular formula is C14H26O. The Balaban J connectivity index is 1.89. The Bertz CT molecular complexity index is 207. The van der Waals surface area contributed by atoms with Crippen LogP contribution in [0.3, 0.4) is 0 Å². The van der Waals surface area contributed by atoms with Crippen LogP contribution in [0.5, 0.6) is 0 Å². The smallest absolute Gasteiger partial charge is 0.0570 e. The lowest BCUT2D eigenvalue weighted by Gasteiger charge is -2.37. The van der Waals surface area contributed by atoms with Crippen molar-refractivity contribution in [1.82, 2.24) is 0 Å². The normalized spacial score (nSPS) is 36.6. The van der Waals surface area contributed by atoms with E-state index in [1.807, 2.05) is 6.92 Å². The monoisotopic (exact) mass is 210 g/mol. The standard InChI is InChI=1S/C14H26O/c1-10(2)12-4-6-13(7-5-12)14(8-9-14)11(3)15/h10-13,15H,4-9H2,1-3H3. The zero-order valence-electron chi connectivity index (χ0n) is 10.5. The highest BCUT2D eigenvalue weighted by atomic mass is 16.3. The first kappa shape index (κ1) is 11.4. The van der Waals surface area contributed by atoms with Crippen molar-refractivity contribution < 1.29 is 5.11 Å². The molecule has 0 aliphatic heterocycles. The fourth-order valence-electron chi connectivity index (χ4n) is 3.67. The van der Waals surface area contributed by atoms with Crippen LogP contribution in [-0.2, 0) is 0 Å². The lowest BCUT2D eigenvalue weighted by atomic mass is 9.70. The number of hydrogen-bond donors (Lipinski definition) is 1. The molecule has 0 aromatic carbocycles. The van der Waals surface area contributed by atoms with E-state index in [-0.39, 0.29) is 6.10 Å². The van der Waals surface area contributed by atoms with Gasteiger partial charge in [0, 0.05) is 0 Å². The second-order valence-electron chi connectivity index (χ2n) is 6.26. The third-order valence-corrected chi connectivity index (χ3v) is 5.19. The molecule has 1 heteroatoms. The molecule has 1 unspecified atom stereocenters. The van der Waals surface area contributed by atoms with Gasteiger partial charge in [0.1, 0.15) is 0 Å². The molecule has 0 heterocycles. The van der Waals surface area contributed by atoms with Crippen LogP contribution in [0.1, 0.15) is 59.3 Å². The molecule has 0 bridgehead atoms. The average molecular weight is 210 g/mol. The second kappa shape index (κ2) is 4.08. The molecule has 15 heavy (non-hydrogen) atoms. The SMILES string of the molecule is CC(C)C1CCC(C2(C(C)O)CC2)CC1. The number of rotatable bonds is 3. The van der Waals surface area contributed by atoms with Crippen LogP contribution >= 0.6 is 0 Å². The maximum Gasteiger partial charge on any atom is 0.0570 e. The Kier molecular flexibility index (Phi) is 3.12. The van der Waals surface area contributed by atoms with Crippen molar-refractivity contribution in [3.05, 3.63) is 0 Å². The summed E-state index contributed by atoms with van der Waals surface area (Å²) in [5.74, 6) is 2.63. The van der Waals surface area contributed by atoms with Gasteiger partial charge in [-0.05, 0) is 68.6 Å². The third-order valence-electron chi connectivity index (χ3n) is 5.19. The van der Waals surface area contributed by atoms with Gasteiger partial charge < -0.3 is 5.11 Å². The van der Waals surface area contributed by atoms with Crippen molar-refractivity contribution in [2.75, 3.05) is 0 Å². The number of aliphatic hydroxyl groups is 1. The molecule has 1 N–H and O–H groups in total. The largest absolute Gasteiger partial charge is 0.393 e. The van der Waals surface area contributed by atoms with E-state index in [1.54, 1.807) is 0 Å². The van der Waals surface area contributed by atoms with Crippen molar-refractivity contribution in [3.8, 4) is 0 Å². The molecular weight excluding hydrogens is 184 g/mol. The van der Waals surface area contributed by atoms with E-state index >= 15 is 0 Å². The summed E-state index contributed by atoms with van der Waals surface area (Å²) < 4.78 is 0. The molecule has 2 rings (SSSR count). The van der Waals surface area contributed by atoms with Gasteiger partial charge in [0.25, 0.3) is 0 Å². The molecule has 1 nitrogen and oxygen atoms in total. The molecule has 0 spiro atoms. The van der Waals surface area contributed by atoms with E-state index in [0.29, 0.717) is 5.41 Å². The summed E-state index contributed by atoms with van der Waals surface area (Å²) >= 11 is 0. The average Bonchev–Trinajstić information content (AvgIpc) is 2.98. The Morgan fingerprint density at radius 3 is 1.87 bits per heavy atom. The highest BCUT2D eigenvalue weighted by Gasteiger charge is 2.52. The fraction of sp³-hybridized carbons (Fsp3) is 1.00. The van der Waals surface area contributed by atoms with Crippen molar-refractivity contribution in [1.29, 1.82) is 0 Å². The van der Waals surface area contributed by atoms with Crippen molar-refractivity contribution in [3.63, 3.8) is 0 Å². The van der Waals surface area contributed by atoms with Crippen LogP contribution in [0.4, 0.5) is 0 Å². The van der Waals surface area contributed by atoms with Crippen LogP contribution in [0.25, 0.3) is 0 Å². The number of hydrogen-bond acceptors (Lipinski definition) is 1. The minimum Gasteiger partial charge on any atom is -0.393 e. The molecule has 0 aromatic rings. The summed E-state index contributed by atoms with van der Waals surface area (Å²) in [5, 5.41) is 9.87. The van der Waals surface area contributed by atoms with Gasteiger partial charge in [-0.3, -0.25) is 0 Å². The van der Waals surface area contributed by atoms with Gasteiger partial charge >= 0.3 is 0 Å². The molecule has 2 aliphatic carbocycles. The zero-order chi connectivity index (χ0) is 11.1. The van der Waals surface area contributed by atoms with Crippen LogP contribution in [-0.4, -0.2) is 11.2 Å². The highest BCUT2D eigenvalue weighted by Crippen LogP contribution is 2.59. The van der Waals surface area contributed by atoms with Gasteiger partial charge in [-0.25, -0.2) is 0 Å². The maximum absolute atomic E-state index is 9.87. The van der Waals surface area contributed by atoms with Gasteiger partial charge in [-0.1, -0.05) is 13.8 Å². The number of aliphatic hydroxyl groups excluding tert-OH is 1. The minimum atomic E-state index is -0.0712. The molecule has 2 aliphatic rings. The van der Waals surface area contributed by atoms with E-state index in [2.05, 4.69) is 13.8 Å². The molecule has 88 valence electrons. The van der Waals surface area contributed by atoms with E-state index in [0.717, 1.165) is 17.8 Å². The van der Waals surface area contributed by atoms with Crippen molar-refractivity contribution in [2.45, 2.75) is 65.4 Å². The van der Waals surface area contributed by atoms with Crippen LogP contribution in [0.15, 0.2) is 0 Å². The molecule has 2 fully saturated rings.